The van der Waals surface area contributed by atoms with Gasteiger partial charge in [-0.15, -0.1) is 11.3 Å². The zero-order valence-electron chi connectivity index (χ0n) is 15.5. The van der Waals surface area contributed by atoms with Crippen LogP contribution >= 0.6 is 11.3 Å². The maximum atomic E-state index is 12.6. The Morgan fingerprint density at radius 1 is 1.32 bits per heavy atom. The average molecular weight is 404 g/mol. The van der Waals surface area contributed by atoms with Gasteiger partial charge in [0.2, 0.25) is 5.91 Å². The average Bonchev–Trinajstić information content (AvgIpc) is 3.42. The molecule has 1 aliphatic rings. The molecule has 2 N–H and O–H groups in total. The number of carbonyl (C=O) groups is 2. The highest BCUT2D eigenvalue weighted by molar-refractivity contribution is 7.14. The van der Waals surface area contributed by atoms with Gasteiger partial charge in [-0.25, -0.2) is 15.0 Å². The van der Waals surface area contributed by atoms with Gasteiger partial charge >= 0.3 is 5.97 Å². The van der Waals surface area contributed by atoms with Gasteiger partial charge < -0.3 is 15.0 Å². The van der Waals surface area contributed by atoms with E-state index >= 15 is 0 Å². The molecule has 1 saturated carbocycles. The maximum Gasteiger partial charge on any atom is 0.306 e. The Hall–Kier alpha value is -2.81. The lowest BCUT2D eigenvalue weighted by Crippen LogP contribution is -2.28. The Morgan fingerprint density at radius 2 is 2.14 bits per heavy atom. The molecule has 3 aromatic heterocycles. The van der Waals surface area contributed by atoms with Crippen molar-refractivity contribution in [3.63, 3.8) is 0 Å². The SMILES string of the molecule is COC(=O)CC1(CC(=O)Nc2nc(-c3ncnc4[nH]ccc34)cs2)CCCC1.[HH].[HH]. The summed E-state index contributed by atoms with van der Waals surface area (Å²) in [5.41, 5.74) is 1.86. The molecule has 9 heteroatoms. The summed E-state index contributed by atoms with van der Waals surface area (Å²) in [6, 6.07) is 1.90. The van der Waals surface area contributed by atoms with Gasteiger partial charge in [0.05, 0.1) is 13.5 Å². The van der Waals surface area contributed by atoms with Crippen molar-refractivity contribution in [3.8, 4) is 11.4 Å². The molecule has 3 aromatic rings. The number of ether oxygens (including phenoxy) is 1. The molecule has 3 heterocycles. The Balaban J connectivity index is 0.00000160. The number of rotatable bonds is 6. The predicted molar refractivity (Wildman–Crippen MR) is 110 cm³/mol. The van der Waals surface area contributed by atoms with Crippen molar-refractivity contribution in [2.45, 2.75) is 38.5 Å². The van der Waals surface area contributed by atoms with Crippen LogP contribution in [0.4, 0.5) is 5.13 Å². The van der Waals surface area contributed by atoms with Crippen molar-refractivity contribution >= 4 is 39.4 Å². The highest BCUT2D eigenvalue weighted by Crippen LogP contribution is 2.44. The van der Waals surface area contributed by atoms with Crippen LogP contribution < -0.4 is 5.32 Å². The van der Waals surface area contributed by atoms with E-state index in [2.05, 4.69) is 25.3 Å². The number of H-pyrrole nitrogens is 1. The molecule has 0 atom stereocenters. The standard InChI is InChI=1S/C19H21N5O3S.2H2/c1-27-15(26)9-19(5-2-3-6-19)8-14(25)24-18-23-13(10-28-18)16-12-4-7-20-17(12)22-11-21-16;;/h4,7,10-11H,2-3,5-6,8-9H2,1H3,(H,20,21,22)(H,23,24,25);2*1H. The van der Waals surface area contributed by atoms with Crippen molar-refractivity contribution in [1.29, 1.82) is 0 Å². The molecular weight excluding hydrogens is 378 g/mol. The van der Waals surface area contributed by atoms with Gasteiger partial charge in [-0.1, -0.05) is 12.8 Å². The Kier molecular flexibility index (Phi) is 5.08. The van der Waals surface area contributed by atoms with E-state index in [0.717, 1.165) is 42.4 Å². The van der Waals surface area contributed by atoms with Gasteiger partial charge in [-0.05, 0) is 24.3 Å². The second kappa shape index (κ2) is 7.67. The number of fused-ring (bicyclic) bond motifs is 1. The Bertz CT molecular complexity index is 1020. The van der Waals surface area contributed by atoms with Gasteiger partial charge in [0.1, 0.15) is 23.4 Å². The summed E-state index contributed by atoms with van der Waals surface area (Å²) < 4.78 is 4.82. The molecule has 0 bridgehead atoms. The number of nitrogens with zero attached hydrogens (tertiary/aromatic N) is 3. The van der Waals surface area contributed by atoms with Gasteiger partial charge in [-0.3, -0.25) is 9.59 Å². The molecule has 0 aromatic carbocycles. The number of amides is 1. The smallest absolute Gasteiger partial charge is 0.306 e. The molecule has 0 spiro atoms. The number of methoxy groups -OCH3 is 1. The van der Waals surface area contributed by atoms with E-state index in [0.29, 0.717) is 17.2 Å². The van der Waals surface area contributed by atoms with Crippen LogP contribution in [0.3, 0.4) is 0 Å². The van der Waals surface area contributed by atoms with Crippen LogP contribution in [0.25, 0.3) is 22.4 Å². The first-order chi connectivity index (χ1) is 13.6. The lowest BCUT2D eigenvalue weighted by molar-refractivity contribution is -0.143. The molecule has 4 rings (SSSR count). The van der Waals surface area contributed by atoms with E-state index in [4.69, 9.17) is 4.74 Å². The van der Waals surface area contributed by atoms with Crippen LogP contribution in [-0.4, -0.2) is 38.9 Å². The molecule has 0 aliphatic heterocycles. The van der Waals surface area contributed by atoms with Crippen molar-refractivity contribution in [2.24, 2.45) is 5.41 Å². The molecule has 0 saturated heterocycles. The monoisotopic (exact) mass is 403 g/mol. The first kappa shape index (κ1) is 18.5. The number of hydrogen-bond acceptors (Lipinski definition) is 7. The number of anilines is 1. The summed E-state index contributed by atoms with van der Waals surface area (Å²) in [7, 11) is 1.39. The molecule has 150 valence electrons. The van der Waals surface area contributed by atoms with Crippen LogP contribution in [0, 0.1) is 5.41 Å². The Morgan fingerprint density at radius 3 is 2.93 bits per heavy atom. The molecule has 0 unspecified atom stereocenters. The number of esters is 1. The predicted octanol–water partition coefficient (Wildman–Crippen LogP) is 4.03. The fourth-order valence-electron chi connectivity index (χ4n) is 3.94. The maximum absolute atomic E-state index is 12.6. The molecular formula is C19H25N5O3S. The minimum Gasteiger partial charge on any atom is -0.469 e. The van der Waals surface area contributed by atoms with Crippen LogP contribution in [-0.2, 0) is 14.3 Å². The highest BCUT2D eigenvalue weighted by atomic mass is 32.1. The highest BCUT2D eigenvalue weighted by Gasteiger charge is 2.38. The molecule has 1 fully saturated rings. The summed E-state index contributed by atoms with van der Waals surface area (Å²) in [6.45, 7) is 0. The third kappa shape index (κ3) is 3.75. The number of aromatic nitrogens is 4. The zero-order valence-corrected chi connectivity index (χ0v) is 16.3. The van der Waals surface area contributed by atoms with Crippen LogP contribution in [0.15, 0.2) is 24.0 Å². The third-order valence-corrected chi connectivity index (χ3v) is 6.05. The Labute approximate surface area is 168 Å². The fraction of sp³-hybridized carbons (Fsp3) is 0.421. The lowest BCUT2D eigenvalue weighted by atomic mass is 9.79. The number of thiazole rings is 1. The number of aromatic amines is 1. The van der Waals surface area contributed by atoms with Crippen LogP contribution in [0.1, 0.15) is 41.4 Å². The summed E-state index contributed by atoms with van der Waals surface area (Å²) >= 11 is 1.35. The van der Waals surface area contributed by atoms with E-state index in [1.54, 1.807) is 6.20 Å². The van der Waals surface area contributed by atoms with E-state index in [9.17, 15) is 9.59 Å². The van der Waals surface area contributed by atoms with Gasteiger partial charge in [0.15, 0.2) is 5.13 Å². The fourth-order valence-corrected chi connectivity index (χ4v) is 4.65. The zero-order chi connectivity index (χ0) is 19.6. The van der Waals surface area contributed by atoms with Crippen LogP contribution in [0.5, 0.6) is 0 Å². The third-order valence-electron chi connectivity index (χ3n) is 5.29. The first-order valence-corrected chi connectivity index (χ1v) is 10.1. The summed E-state index contributed by atoms with van der Waals surface area (Å²) in [6.07, 6.45) is 7.68. The van der Waals surface area contributed by atoms with Gasteiger partial charge in [0.25, 0.3) is 0 Å². The van der Waals surface area contributed by atoms with E-state index in [1.807, 2.05) is 11.4 Å². The summed E-state index contributed by atoms with van der Waals surface area (Å²) in [5.74, 6) is -0.383. The first-order valence-electron chi connectivity index (χ1n) is 9.19. The van der Waals surface area contributed by atoms with Crippen LogP contribution in [0.2, 0.25) is 0 Å². The van der Waals surface area contributed by atoms with Gasteiger partial charge in [0, 0.05) is 26.2 Å². The normalized spacial score (nSPS) is 15.6. The van der Waals surface area contributed by atoms with E-state index in [-0.39, 0.29) is 26.6 Å². The second-order valence-corrected chi connectivity index (χ2v) is 8.04. The van der Waals surface area contributed by atoms with Crippen molar-refractivity contribution < 1.29 is 17.2 Å². The minimum absolute atomic E-state index is 0. The number of carbonyl (C=O) groups excluding carboxylic acids is 2. The van der Waals surface area contributed by atoms with E-state index in [1.165, 1.54) is 24.8 Å². The molecule has 1 amide bonds. The molecule has 1 aliphatic carbocycles. The lowest BCUT2D eigenvalue weighted by Gasteiger charge is -2.26. The summed E-state index contributed by atoms with van der Waals surface area (Å²) in [4.78, 5) is 40.5. The molecule has 8 nitrogen and oxygen atoms in total. The van der Waals surface area contributed by atoms with E-state index < -0.39 is 0 Å². The quantitative estimate of drug-likeness (QED) is 0.601. The number of hydrogen-bond donors (Lipinski definition) is 2. The minimum atomic E-state index is -0.304. The summed E-state index contributed by atoms with van der Waals surface area (Å²) in [5, 5.41) is 6.15. The topological polar surface area (TPSA) is 110 Å². The molecule has 0 radical (unpaired) electrons. The number of nitrogens with one attached hydrogen (secondary N) is 2. The van der Waals surface area contributed by atoms with Gasteiger partial charge in [-0.2, -0.15) is 0 Å². The largest absolute Gasteiger partial charge is 0.469 e. The molecule has 28 heavy (non-hydrogen) atoms. The van der Waals surface area contributed by atoms with Crippen molar-refractivity contribution in [2.75, 3.05) is 12.4 Å². The van der Waals surface area contributed by atoms with Crippen molar-refractivity contribution in [3.05, 3.63) is 24.0 Å². The van der Waals surface area contributed by atoms with Crippen molar-refractivity contribution in [1.82, 2.24) is 19.9 Å². The second-order valence-electron chi connectivity index (χ2n) is 7.19.